The first-order chi connectivity index (χ1) is 15.6. The average Bonchev–Trinajstić information content (AvgIpc) is 3.28. The van der Waals surface area contributed by atoms with Gasteiger partial charge in [-0.3, -0.25) is 10.1 Å². The van der Waals surface area contributed by atoms with E-state index in [9.17, 15) is 10.1 Å². The number of hydrogen-bond donors (Lipinski definition) is 0. The lowest BCUT2D eigenvalue weighted by Crippen LogP contribution is -1.99. The van der Waals surface area contributed by atoms with Gasteiger partial charge < -0.3 is 4.74 Å². The quantitative estimate of drug-likeness (QED) is 0.270. The normalized spacial score (nSPS) is 10.9. The van der Waals surface area contributed by atoms with Gasteiger partial charge in [0.2, 0.25) is 0 Å². The molecule has 0 amide bonds. The number of benzene rings is 3. The van der Waals surface area contributed by atoms with Crippen molar-refractivity contribution in [3.05, 3.63) is 101 Å². The SMILES string of the molecule is COc1ccc(-c2cc(-c3ccc([N+](=O)[O-])cc3)n3nc(-c4ccccc4)cc3n2)cc1. The standard InChI is InChI=1S/C25H18N4O3/c1-32-21-13-9-18(10-14-21)22-15-24(19-7-11-20(12-8-19)29(30)31)28-25(26-22)16-23(27-28)17-5-3-2-4-6-17/h2-16H,1H3. The lowest BCUT2D eigenvalue weighted by Gasteiger charge is -2.09. The highest BCUT2D eigenvalue weighted by Crippen LogP contribution is 2.30. The second-order valence-corrected chi connectivity index (χ2v) is 7.22. The third-order valence-corrected chi connectivity index (χ3v) is 5.26. The van der Waals surface area contributed by atoms with Crippen LogP contribution in [0.5, 0.6) is 5.75 Å². The Bertz CT molecular complexity index is 1410. The molecule has 0 unspecified atom stereocenters. The van der Waals surface area contributed by atoms with E-state index >= 15 is 0 Å². The smallest absolute Gasteiger partial charge is 0.269 e. The topological polar surface area (TPSA) is 82.6 Å². The Balaban J connectivity index is 1.71. The second-order valence-electron chi connectivity index (χ2n) is 7.22. The summed E-state index contributed by atoms with van der Waals surface area (Å²) in [7, 11) is 1.63. The summed E-state index contributed by atoms with van der Waals surface area (Å²) >= 11 is 0. The van der Waals surface area contributed by atoms with Crippen molar-refractivity contribution in [3.8, 4) is 39.5 Å². The van der Waals surface area contributed by atoms with Gasteiger partial charge in [0.25, 0.3) is 5.69 Å². The Labute approximate surface area is 183 Å². The number of rotatable bonds is 5. The third-order valence-electron chi connectivity index (χ3n) is 5.26. The first-order valence-electron chi connectivity index (χ1n) is 9.98. The summed E-state index contributed by atoms with van der Waals surface area (Å²) in [6, 6.07) is 27.9. The van der Waals surface area contributed by atoms with E-state index in [2.05, 4.69) is 0 Å². The van der Waals surface area contributed by atoms with Gasteiger partial charge in [-0.2, -0.15) is 5.10 Å². The maximum Gasteiger partial charge on any atom is 0.269 e. The predicted molar refractivity (Wildman–Crippen MR) is 123 cm³/mol. The van der Waals surface area contributed by atoms with Gasteiger partial charge >= 0.3 is 0 Å². The van der Waals surface area contributed by atoms with Crippen LogP contribution >= 0.6 is 0 Å². The van der Waals surface area contributed by atoms with Crippen molar-refractivity contribution in [2.24, 2.45) is 0 Å². The largest absolute Gasteiger partial charge is 0.497 e. The lowest BCUT2D eigenvalue weighted by molar-refractivity contribution is -0.384. The summed E-state index contributed by atoms with van der Waals surface area (Å²) in [6.07, 6.45) is 0. The minimum Gasteiger partial charge on any atom is -0.497 e. The number of fused-ring (bicyclic) bond motifs is 1. The molecule has 2 heterocycles. The maximum absolute atomic E-state index is 11.1. The zero-order valence-corrected chi connectivity index (χ0v) is 17.2. The summed E-state index contributed by atoms with van der Waals surface area (Å²) in [6.45, 7) is 0. The van der Waals surface area contributed by atoms with E-state index in [1.165, 1.54) is 12.1 Å². The zero-order valence-electron chi connectivity index (χ0n) is 17.2. The van der Waals surface area contributed by atoms with E-state index in [1.54, 1.807) is 23.8 Å². The van der Waals surface area contributed by atoms with Crippen LogP contribution in [0.25, 0.3) is 39.4 Å². The predicted octanol–water partition coefficient (Wildman–Crippen LogP) is 5.65. The van der Waals surface area contributed by atoms with E-state index in [0.717, 1.165) is 39.5 Å². The number of hydrogen-bond acceptors (Lipinski definition) is 5. The Kier molecular flexibility index (Phi) is 4.84. The molecule has 5 aromatic rings. The van der Waals surface area contributed by atoms with Gasteiger partial charge in [0.05, 0.1) is 29.1 Å². The minimum absolute atomic E-state index is 0.0415. The Morgan fingerprint density at radius 1 is 0.812 bits per heavy atom. The molecule has 5 rings (SSSR count). The zero-order chi connectivity index (χ0) is 22.1. The molecule has 32 heavy (non-hydrogen) atoms. The molecule has 2 aromatic heterocycles. The summed E-state index contributed by atoms with van der Waals surface area (Å²) < 4.78 is 7.04. The summed E-state index contributed by atoms with van der Waals surface area (Å²) in [4.78, 5) is 15.5. The van der Waals surface area contributed by atoms with Crippen molar-refractivity contribution in [1.82, 2.24) is 14.6 Å². The molecule has 0 radical (unpaired) electrons. The number of methoxy groups -OCH3 is 1. The molecule has 0 aliphatic heterocycles. The molecule has 0 fully saturated rings. The van der Waals surface area contributed by atoms with Gasteiger partial charge in [-0.05, 0) is 42.5 Å². The van der Waals surface area contributed by atoms with Crippen LogP contribution in [-0.4, -0.2) is 26.6 Å². The molecule has 0 saturated carbocycles. The van der Waals surface area contributed by atoms with Gasteiger partial charge in [0.15, 0.2) is 5.65 Å². The maximum atomic E-state index is 11.1. The average molecular weight is 422 g/mol. The Morgan fingerprint density at radius 3 is 2.12 bits per heavy atom. The van der Waals surface area contributed by atoms with Crippen LogP contribution in [0.15, 0.2) is 91.0 Å². The summed E-state index contributed by atoms with van der Waals surface area (Å²) in [5, 5.41) is 15.9. The summed E-state index contributed by atoms with van der Waals surface area (Å²) in [5.74, 6) is 0.765. The fourth-order valence-electron chi connectivity index (χ4n) is 3.59. The molecule has 0 bridgehead atoms. The molecule has 0 aliphatic carbocycles. The van der Waals surface area contributed by atoms with Crippen LogP contribution in [0.2, 0.25) is 0 Å². The van der Waals surface area contributed by atoms with E-state index in [-0.39, 0.29) is 5.69 Å². The molecule has 156 valence electrons. The number of nitro groups is 1. The molecular formula is C25H18N4O3. The molecule has 0 atom stereocenters. The van der Waals surface area contributed by atoms with Crippen molar-refractivity contribution < 1.29 is 9.66 Å². The van der Waals surface area contributed by atoms with Crippen LogP contribution in [-0.2, 0) is 0 Å². The molecule has 0 saturated heterocycles. The van der Waals surface area contributed by atoms with E-state index in [0.29, 0.717) is 5.65 Å². The molecule has 7 heteroatoms. The fraction of sp³-hybridized carbons (Fsp3) is 0.0400. The first-order valence-corrected chi connectivity index (χ1v) is 9.98. The Hall–Kier alpha value is -4.52. The number of nitrogens with zero attached hydrogens (tertiary/aromatic N) is 4. The molecule has 7 nitrogen and oxygen atoms in total. The van der Waals surface area contributed by atoms with Crippen molar-refractivity contribution in [2.45, 2.75) is 0 Å². The fourth-order valence-corrected chi connectivity index (χ4v) is 3.59. The highest BCUT2D eigenvalue weighted by atomic mass is 16.6. The molecule has 0 spiro atoms. The van der Waals surface area contributed by atoms with Gasteiger partial charge in [-0.25, -0.2) is 9.50 Å². The minimum atomic E-state index is -0.407. The van der Waals surface area contributed by atoms with Crippen LogP contribution in [0.3, 0.4) is 0 Å². The molecule has 0 aliphatic rings. The third kappa shape index (κ3) is 3.56. The van der Waals surface area contributed by atoms with Crippen LogP contribution in [0.1, 0.15) is 0 Å². The number of ether oxygens (including phenoxy) is 1. The van der Waals surface area contributed by atoms with E-state index < -0.39 is 4.92 Å². The Morgan fingerprint density at radius 2 is 1.47 bits per heavy atom. The van der Waals surface area contributed by atoms with Crippen LogP contribution < -0.4 is 4.74 Å². The van der Waals surface area contributed by atoms with Gasteiger partial charge in [0.1, 0.15) is 5.75 Å². The summed E-state index contributed by atoms with van der Waals surface area (Å²) in [5.41, 5.74) is 5.81. The van der Waals surface area contributed by atoms with Gasteiger partial charge in [0, 0.05) is 34.9 Å². The molecule has 0 N–H and O–H groups in total. The number of nitro benzene ring substituents is 1. The highest BCUT2D eigenvalue weighted by molar-refractivity contribution is 5.74. The lowest BCUT2D eigenvalue weighted by atomic mass is 10.1. The van der Waals surface area contributed by atoms with Crippen molar-refractivity contribution in [1.29, 1.82) is 0 Å². The number of aromatic nitrogens is 3. The second kappa shape index (κ2) is 7.96. The van der Waals surface area contributed by atoms with E-state index in [4.69, 9.17) is 14.8 Å². The molecule has 3 aromatic carbocycles. The van der Waals surface area contributed by atoms with Crippen molar-refractivity contribution in [2.75, 3.05) is 7.11 Å². The highest BCUT2D eigenvalue weighted by Gasteiger charge is 2.15. The number of non-ortho nitro benzene ring substituents is 1. The van der Waals surface area contributed by atoms with Crippen LogP contribution in [0, 0.1) is 10.1 Å². The van der Waals surface area contributed by atoms with E-state index in [1.807, 2.05) is 66.7 Å². The van der Waals surface area contributed by atoms with Crippen molar-refractivity contribution >= 4 is 11.3 Å². The van der Waals surface area contributed by atoms with Crippen LogP contribution in [0.4, 0.5) is 5.69 Å². The molecular weight excluding hydrogens is 404 g/mol. The van der Waals surface area contributed by atoms with Crippen molar-refractivity contribution in [3.63, 3.8) is 0 Å². The first kappa shape index (κ1) is 19.4. The van der Waals surface area contributed by atoms with Gasteiger partial charge in [-0.1, -0.05) is 30.3 Å². The van der Waals surface area contributed by atoms with Gasteiger partial charge in [-0.15, -0.1) is 0 Å². The monoisotopic (exact) mass is 422 g/mol.